The normalized spacial score (nSPS) is 13.9. The molecule has 4 nitrogen and oxygen atoms in total. The van der Waals surface area contributed by atoms with Crippen molar-refractivity contribution in [1.29, 1.82) is 0 Å². The van der Waals surface area contributed by atoms with Crippen molar-refractivity contribution < 1.29 is 4.74 Å². The molecule has 2 aromatic rings. The van der Waals surface area contributed by atoms with Gasteiger partial charge in [-0.05, 0) is 59.1 Å². The van der Waals surface area contributed by atoms with Crippen LogP contribution >= 0.6 is 15.9 Å². The predicted octanol–water partition coefficient (Wildman–Crippen LogP) is 2.68. The number of ether oxygens (including phenoxy) is 1. The lowest BCUT2D eigenvalue weighted by Gasteiger charge is -2.18. The number of fused-ring (bicyclic) bond motifs is 1. The maximum absolute atomic E-state index is 5.67. The zero-order valence-electron chi connectivity index (χ0n) is 11.5. The van der Waals surface area contributed by atoms with Gasteiger partial charge in [0.1, 0.15) is 5.75 Å². The van der Waals surface area contributed by atoms with Crippen LogP contribution in [0.1, 0.15) is 17.7 Å². The van der Waals surface area contributed by atoms with Crippen LogP contribution < -0.4 is 10.5 Å². The lowest BCUT2D eigenvalue weighted by Crippen LogP contribution is -2.08. The fourth-order valence-electron chi connectivity index (χ4n) is 2.67. The van der Waals surface area contributed by atoms with E-state index in [0.717, 1.165) is 47.5 Å². The van der Waals surface area contributed by atoms with E-state index in [1.807, 2.05) is 11.7 Å². The van der Waals surface area contributed by atoms with Crippen molar-refractivity contribution in [2.75, 3.05) is 13.2 Å². The van der Waals surface area contributed by atoms with Gasteiger partial charge in [-0.2, -0.15) is 5.10 Å². The Morgan fingerprint density at radius 3 is 3.10 bits per heavy atom. The zero-order valence-corrected chi connectivity index (χ0v) is 13.1. The van der Waals surface area contributed by atoms with Crippen LogP contribution in [0.25, 0.3) is 11.3 Å². The summed E-state index contributed by atoms with van der Waals surface area (Å²) in [4.78, 5) is 0. The summed E-state index contributed by atoms with van der Waals surface area (Å²) in [5.41, 5.74) is 10.2. The maximum atomic E-state index is 5.67. The fraction of sp³-hybridized carbons (Fsp3) is 0.400. The number of rotatable bonds is 3. The number of nitrogens with zero attached hydrogens (tertiary/aromatic N) is 2. The van der Waals surface area contributed by atoms with Crippen molar-refractivity contribution in [3.05, 3.63) is 33.9 Å². The van der Waals surface area contributed by atoms with E-state index in [0.29, 0.717) is 6.54 Å². The number of hydrogen-bond acceptors (Lipinski definition) is 3. The lowest BCUT2D eigenvalue weighted by molar-refractivity contribution is 0.288. The molecule has 0 spiro atoms. The van der Waals surface area contributed by atoms with Crippen molar-refractivity contribution in [3.8, 4) is 17.0 Å². The van der Waals surface area contributed by atoms with Crippen LogP contribution in [0, 0.1) is 0 Å². The number of aryl methyl sites for hydroxylation is 2. The van der Waals surface area contributed by atoms with Crippen LogP contribution in [0.2, 0.25) is 0 Å². The smallest absolute Gasteiger partial charge is 0.122 e. The van der Waals surface area contributed by atoms with Gasteiger partial charge in [-0.15, -0.1) is 0 Å². The summed E-state index contributed by atoms with van der Waals surface area (Å²) in [6.45, 7) is 1.43. The van der Waals surface area contributed by atoms with Gasteiger partial charge in [0.25, 0.3) is 0 Å². The highest BCUT2D eigenvalue weighted by Gasteiger charge is 2.17. The monoisotopic (exact) mass is 335 g/mol. The Hall–Kier alpha value is -1.33. The van der Waals surface area contributed by atoms with E-state index in [1.54, 1.807) is 0 Å². The van der Waals surface area contributed by atoms with E-state index in [-0.39, 0.29) is 0 Å². The first-order valence-electron chi connectivity index (χ1n) is 6.88. The molecule has 1 aromatic heterocycles. The SMILES string of the molecule is Cn1nc(CCN)c(Br)c1-c1ccc2c(c1)CCCO2. The van der Waals surface area contributed by atoms with Gasteiger partial charge in [0.15, 0.2) is 0 Å². The van der Waals surface area contributed by atoms with Crippen molar-refractivity contribution in [1.82, 2.24) is 9.78 Å². The molecule has 5 heteroatoms. The van der Waals surface area contributed by atoms with Gasteiger partial charge in [-0.25, -0.2) is 0 Å². The van der Waals surface area contributed by atoms with E-state index < -0.39 is 0 Å². The molecule has 3 rings (SSSR count). The molecule has 1 aromatic carbocycles. The third-order valence-electron chi connectivity index (χ3n) is 3.62. The highest BCUT2D eigenvalue weighted by atomic mass is 79.9. The molecule has 1 aliphatic rings. The Morgan fingerprint density at radius 2 is 2.30 bits per heavy atom. The summed E-state index contributed by atoms with van der Waals surface area (Å²) in [6, 6.07) is 6.37. The van der Waals surface area contributed by atoms with Gasteiger partial charge < -0.3 is 10.5 Å². The Labute approximate surface area is 127 Å². The molecular weight excluding hydrogens is 318 g/mol. The standard InChI is InChI=1S/C15H18BrN3O/c1-19-15(14(16)12(18-19)6-7-17)11-4-5-13-10(9-11)3-2-8-20-13/h4-5,9H,2-3,6-8,17H2,1H3. The minimum absolute atomic E-state index is 0.604. The highest BCUT2D eigenvalue weighted by Crippen LogP contribution is 2.35. The molecular formula is C15H18BrN3O. The second kappa shape index (κ2) is 5.58. The predicted molar refractivity (Wildman–Crippen MR) is 82.9 cm³/mol. The molecule has 0 fully saturated rings. The topological polar surface area (TPSA) is 53.1 Å². The summed E-state index contributed by atoms with van der Waals surface area (Å²) < 4.78 is 8.63. The van der Waals surface area contributed by atoms with E-state index in [9.17, 15) is 0 Å². The minimum atomic E-state index is 0.604. The first-order chi connectivity index (χ1) is 9.70. The van der Waals surface area contributed by atoms with Crippen LogP contribution in [0.3, 0.4) is 0 Å². The van der Waals surface area contributed by atoms with Crippen LogP contribution in [0.5, 0.6) is 5.75 Å². The molecule has 20 heavy (non-hydrogen) atoms. The average molecular weight is 336 g/mol. The number of aromatic nitrogens is 2. The van der Waals surface area contributed by atoms with Crippen molar-refractivity contribution in [2.24, 2.45) is 12.8 Å². The maximum Gasteiger partial charge on any atom is 0.122 e. The molecule has 0 aliphatic carbocycles. The van der Waals surface area contributed by atoms with Crippen molar-refractivity contribution in [3.63, 3.8) is 0 Å². The highest BCUT2D eigenvalue weighted by molar-refractivity contribution is 9.10. The molecule has 106 valence electrons. The lowest BCUT2D eigenvalue weighted by atomic mass is 10.0. The summed E-state index contributed by atoms with van der Waals surface area (Å²) in [5, 5.41) is 4.55. The third-order valence-corrected chi connectivity index (χ3v) is 4.45. The van der Waals surface area contributed by atoms with Gasteiger partial charge in [0.2, 0.25) is 0 Å². The molecule has 0 saturated heterocycles. The second-order valence-corrected chi connectivity index (χ2v) is 5.84. The van der Waals surface area contributed by atoms with E-state index in [1.165, 1.54) is 11.1 Å². The quantitative estimate of drug-likeness (QED) is 0.938. The zero-order chi connectivity index (χ0) is 14.1. The van der Waals surface area contributed by atoms with Gasteiger partial charge >= 0.3 is 0 Å². The number of hydrogen-bond donors (Lipinski definition) is 1. The number of halogens is 1. The fourth-order valence-corrected chi connectivity index (χ4v) is 3.43. The second-order valence-electron chi connectivity index (χ2n) is 5.05. The van der Waals surface area contributed by atoms with Crippen molar-refractivity contribution >= 4 is 15.9 Å². The van der Waals surface area contributed by atoms with E-state index >= 15 is 0 Å². The van der Waals surface area contributed by atoms with Gasteiger partial charge in [-0.1, -0.05) is 0 Å². The first-order valence-corrected chi connectivity index (χ1v) is 7.67. The van der Waals surface area contributed by atoms with Crippen LogP contribution in [0.4, 0.5) is 0 Å². The summed E-state index contributed by atoms with van der Waals surface area (Å²) in [7, 11) is 1.97. The molecule has 0 saturated carbocycles. The molecule has 0 unspecified atom stereocenters. The Bertz CT molecular complexity index is 636. The first kappa shape index (κ1) is 13.6. The molecule has 2 heterocycles. The van der Waals surface area contributed by atoms with Crippen LogP contribution in [-0.4, -0.2) is 22.9 Å². The van der Waals surface area contributed by atoms with E-state index in [4.69, 9.17) is 10.5 Å². The van der Waals surface area contributed by atoms with E-state index in [2.05, 4.69) is 39.2 Å². The Morgan fingerprint density at radius 1 is 1.45 bits per heavy atom. The summed E-state index contributed by atoms with van der Waals surface area (Å²) in [5.74, 6) is 1.01. The molecule has 0 amide bonds. The third kappa shape index (κ3) is 2.36. The summed E-state index contributed by atoms with van der Waals surface area (Å²) >= 11 is 3.67. The number of nitrogens with two attached hydrogens (primary N) is 1. The van der Waals surface area contributed by atoms with Crippen LogP contribution in [-0.2, 0) is 19.9 Å². The minimum Gasteiger partial charge on any atom is -0.493 e. The van der Waals surface area contributed by atoms with Crippen molar-refractivity contribution in [2.45, 2.75) is 19.3 Å². The van der Waals surface area contributed by atoms with Crippen LogP contribution in [0.15, 0.2) is 22.7 Å². The van der Waals surface area contributed by atoms with Gasteiger partial charge in [0.05, 0.1) is 22.5 Å². The molecule has 0 bridgehead atoms. The van der Waals surface area contributed by atoms with Gasteiger partial charge in [-0.3, -0.25) is 4.68 Å². The summed E-state index contributed by atoms with van der Waals surface area (Å²) in [6.07, 6.45) is 2.94. The number of benzene rings is 1. The average Bonchev–Trinajstić information content (AvgIpc) is 2.73. The molecule has 0 radical (unpaired) electrons. The van der Waals surface area contributed by atoms with Gasteiger partial charge in [0, 0.05) is 19.0 Å². The molecule has 1 aliphatic heterocycles. The Balaban J connectivity index is 2.04. The molecule has 0 atom stereocenters. The Kier molecular flexibility index (Phi) is 3.81. The molecule has 2 N–H and O–H groups in total. The largest absolute Gasteiger partial charge is 0.493 e.